The first-order valence-corrected chi connectivity index (χ1v) is 8.35. The molecule has 0 aliphatic carbocycles. The van der Waals surface area contributed by atoms with Crippen molar-refractivity contribution in [3.63, 3.8) is 0 Å². The van der Waals surface area contributed by atoms with Crippen molar-refractivity contribution in [1.82, 2.24) is 20.9 Å². The van der Waals surface area contributed by atoms with Gasteiger partial charge in [-0.3, -0.25) is 14.7 Å². The average molecular weight is 507 g/mol. The summed E-state index contributed by atoms with van der Waals surface area (Å²) in [6.45, 7) is 1.15. The standard InChI is InChI=1S/C17H25N5O5.HI/c1-18-16(19-5-6-22-14(23)10-21-17(22)24)20-9-11-7-12(25-2)15(27-4)13(8-11)26-3;/h7-8H,5-6,9-10H2,1-4H3,(H,21,24)(H2,18,19,20);1H. The zero-order valence-corrected chi connectivity index (χ0v) is 18.7. The second kappa shape index (κ2) is 11.4. The molecule has 2 rings (SSSR count). The second-order valence-electron chi connectivity index (χ2n) is 5.59. The highest BCUT2D eigenvalue weighted by molar-refractivity contribution is 14.0. The number of urea groups is 1. The monoisotopic (exact) mass is 507 g/mol. The van der Waals surface area contributed by atoms with Gasteiger partial charge in [0, 0.05) is 26.7 Å². The van der Waals surface area contributed by atoms with E-state index in [9.17, 15) is 9.59 Å². The SMILES string of the molecule is CN=C(NCCN1C(=O)CNC1=O)NCc1cc(OC)c(OC)c(OC)c1.I. The molecule has 0 spiro atoms. The lowest BCUT2D eigenvalue weighted by Crippen LogP contribution is -2.43. The number of halogens is 1. The molecule has 3 N–H and O–H groups in total. The van der Waals surface area contributed by atoms with E-state index in [1.54, 1.807) is 28.4 Å². The Bertz CT molecular complexity index is 687. The van der Waals surface area contributed by atoms with Gasteiger partial charge in [-0.25, -0.2) is 4.79 Å². The maximum atomic E-state index is 11.5. The Morgan fingerprint density at radius 2 is 1.79 bits per heavy atom. The summed E-state index contributed by atoms with van der Waals surface area (Å²) in [5.41, 5.74) is 0.904. The fraction of sp³-hybridized carbons (Fsp3) is 0.471. The lowest BCUT2D eigenvalue weighted by Gasteiger charge is -2.17. The topological polar surface area (TPSA) is 114 Å². The first-order valence-electron chi connectivity index (χ1n) is 8.35. The molecule has 10 nitrogen and oxygen atoms in total. The zero-order valence-electron chi connectivity index (χ0n) is 16.3. The average Bonchev–Trinajstić information content (AvgIpc) is 3.01. The molecule has 3 amide bonds. The number of ether oxygens (including phenoxy) is 3. The van der Waals surface area contributed by atoms with Crippen molar-refractivity contribution in [1.29, 1.82) is 0 Å². The molecular formula is C17H26IN5O5. The predicted molar refractivity (Wildman–Crippen MR) is 115 cm³/mol. The molecule has 0 unspecified atom stereocenters. The van der Waals surface area contributed by atoms with Crippen LogP contribution in [0.15, 0.2) is 17.1 Å². The Balaban J connectivity index is 0.00000392. The van der Waals surface area contributed by atoms with Gasteiger partial charge in [0.1, 0.15) is 0 Å². The first kappa shape index (κ1) is 23.6. The van der Waals surface area contributed by atoms with E-state index in [-0.39, 0.29) is 49.0 Å². The Kier molecular flexibility index (Phi) is 9.62. The minimum absolute atomic E-state index is 0. The summed E-state index contributed by atoms with van der Waals surface area (Å²) in [6.07, 6.45) is 0. The number of imide groups is 1. The van der Waals surface area contributed by atoms with E-state index in [0.717, 1.165) is 5.56 Å². The lowest BCUT2D eigenvalue weighted by atomic mass is 10.2. The molecule has 1 aliphatic heterocycles. The Labute approximate surface area is 181 Å². The highest BCUT2D eigenvalue weighted by atomic mass is 127. The maximum absolute atomic E-state index is 11.5. The van der Waals surface area contributed by atoms with Crippen molar-refractivity contribution in [2.75, 3.05) is 48.0 Å². The van der Waals surface area contributed by atoms with E-state index >= 15 is 0 Å². The molecule has 0 bridgehead atoms. The molecule has 1 aliphatic rings. The van der Waals surface area contributed by atoms with Gasteiger partial charge >= 0.3 is 6.03 Å². The minimum Gasteiger partial charge on any atom is -0.493 e. The van der Waals surface area contributed by atoms with Gasteiger partial charge in [0.25, 0.3) is 0 Å². The number of rotatable bonds is 8. The van der Waals surface area contributed by atoms with Gasteiger partial charge in [-0.15, -0.1) is 24.0 Å². The number of methoxy groups -OCH3 is 3. The second-order valence-corrected chi connectivity index (χ2v) is 5.59. The van der Waals surface area contributed by atoms with Crippen LogP contribution in [0.25, 0.3) is 0 Å². The van der Waals surface area contributed by atoms with Gasteiger partial charge < -0.3 is 30.2 Å². The maximum Gasteiger partial charge on any atom is 0.324 e. The number of hydrogen-bond donors (Lipinski definition) is 3. The number of hydrogen-bond acceptors (Lipinski definition) is 6. The van der Waals surface area contributed by atoms with Crippen LogP contribution in [0.2, 0.25) is 0 Å². The van der Waals surface area contributed by atoms with Crippen molar-refractivity contribution in [3.05, 3.63) is 17.7 Å². The van der Waals surface area contributed by atoms with E-state index in [1.165, 1.54) is 4.90 Å². The van der Waals surface area contributed by atoms with Gasteiger partial charge in [0.15, 0.2) is 17.5 Å². The fourth-order valence-electron chi connectivity index (χ4n) is 2.61. The van der Waals surface area contributed by atoms with E-state index in [1.807, 2.05) is 12.1 Å². The third-order valence-corrected chi connectivity index (χ3v) is 3.97. The quantitative estimate of drug-likeness (QED) is 0.204. The minimum atomic E-state index is -0.373. The van der Waals surface area contributed by atoms with Crippen LogP contribution in [-0.4, -0.2) is 70.8 Å². The van der Waals surface area contributed by atoms with Gasteiger partial charge in [-0.1, -0.05) is 0 Å². The number of nitrogens with one attached hydrogen (secondary N) is 3. The number of carbonyl (C=O) groups excluding carboxylic acids is 2. The van der Waals surface area contributed by atoms with E-state index in [0.29, 0.717) is 36.3 Å². The van der Waals surface area contributed by atoms with Crippen LogP contribution in [0.5, 0.6) is 17.2 Å². The summed E-state index contributed by atoms with van der Waals surface area (Å²) in [4.78, 5) is 28.3. The van der Waals surface area contributed by atoms with Crippen molar-refractivity contribution in [2.24, 2.45) is 4.99 Å². The number of carbonyl (C=O) groups is 2. The molecule has 28 heavy (non-hydrogen) atoms. The van der Waals surface area contributed by atoms with Crippen molar-refractivity contribution in [3.8, 4) is 17.2 Å². The fourth-order valence-corrected chi connectivity index (χ4v) is 2.61. The van der Waals surface area contributed by atoms with Crippen LogP contribution in [-0.2, 0) is 11.3 Å². The molecule has 156 valence electrons. The highest BCUT2D eigenvalue weighted by Crippen LogP contribution is 2.38. The summed E-state index contributed by atoms with van der Waals surface area (Å²) in [7, 11) is 6.31. The van der Waals surface area contributed by atoms with E-state index < -0.39 is 0 Å². The van der Waals surface area contributed by atoms with Crippen LogP contribution in [0.1, 0.15) is 5.56 Å². The molecule has 0 atom stereocenters. The smallest absolute Gasteiger partial charge is 0.324 e. The van der Waals surface area contributed by atoms with Crippen LogP contribution in [0, 0.1) is 0 Å². The molecule has 0 aromatic heterocycles. The van der Waals surface area contributed by atoms with Gasteiger partial charge in [0.2, 0.25) is 11.7 Å². The van der Waals surface area contributed by atoms with Crippen molar-refractivity contribution < 1.29 is 23.8 Å². The summed E-state index contributed by atoms with van der Waals surface area (Å²) >= 11 is 0. The van der Waals surface area contributed by atoms with Crippen LogP contribution < -0.4 is 30.2 Å². The number of guanidine groups is 1. The van der Waals surface area contributed by atoms with Crippen LogP contribution >= 0.6 is 24.0 Å². The molecule has 1 heterocycles. The van der Waals surface area contributed by atoms with Crippen LogP contribution in [0.3, 0.4) is 0 Å². The molecular weight excluding hydrogens is 481 g/mol. The van der Waals surface area contributed by atoms with Crippen molar-refractivity contribution in [2.45, 2.75) is 6.54 Å². The molecule has 0 saturated carbocycles. The van der Waals surface area contributed by atoms with Crippen molar-refractivity contribution >= 4 is 41.9 Å². The van der Waals surface area contributed by atoms with Gasteiger partial charge in [0.05, 0.1) is 27.9 Å². The van der Waals surface area contributed by atoms with E-state index in [2.05, 4.69) is 20.9 Å². The summed E-state index contributed by atoms with van der Waals surface area (Å²) in [6, 6.07) is 3.31. The Morgan fingerprint density at radius 1 is 1.14 bits per heavy atom. The third-order valence-electron chi connectivity index (χ3n) is 3.97. The molecule has 1 saturated heterocycles. The van der Waals surface area contributed by atoms with Crippen LogP contribution in [0.4, 0.5) is 4.79 Å². The summed E-state index contributed by atoms with van der Waals surface area (Å²) in [5, 5.41) is 8.70. The Morgan fingerprint density at radius 3 is 2.25 bits per heavy atom. The number of amides is 3. The third kappa shape index (κ3) is 5.78. The largest absolute Gasteiger partial charge is 0.493 e. The number of benzene rings is 1. The summed E-state index contributed by atoms with van der Waals surface area (Å²) < 4.78 is 16.0. The molecule has 11 heteroatoms. The van der Waals surface area contributed by atoms with E-state index in [4.69, 9.17) is 14.2 Å². The highest BCUT2D eigenvalue weighted by Gasteiger charge is 2.27. The summed E-state index contributed by atoms with van der Waals surface area (Å²) in [5.74, 6) is 1.96. The van der Waals surface area contributed by atoms with Gasteiger partial charge in [-0.05, 0) is 17.7 Å². The lowest BCUT2D eigenvalue weighted by molar-refractivity contribution is -0.124. The zero-order chi connectivity index (χ0) is 19.8. The Hall–Kier alpha value is -2.44. The number of nitrogens with zero attached hydrogens (tertiary/aromatic N) is 2. The molecule has 0 radical (unpaired) electrons. The predicted octanol–water partition coefficient (Wildman–Crippen LogP) is 0.547. The molecule has 1 aromatic carbocycles. The molecule has 1 aromatic rings. The van der Waals surface area contributed by atoms with Gasteiger partial charge in [-0.2, -0.15) is 0 Å². The molecule has 1 fully saturated rings. The first-order chi connectivity index (χ1) is 13.0. The normalized spacial score (nSPS) is 13.6. The number of aliphatic imine (C=N–C) groups is 1.